The number of benzene rings is 3. The van der Waals surface area contributed by atoms with Crippen LogP contribution in [0, 0.1) is 17.1 Å². The summed E-state index contributed by atoms with van der Waals surface area (Å²) in [5.41, 5.74) is 8.87. The van der Waals surface area contributed by atoms with E-state index in [1.54, 1.807) is 47.4 Å². The SMILES string of the molecule is N#Cc1ccc(C(=O)N(Cc2cc(NC(=O)c3ccc(F)cc3)ccc2Cl)C2CCCCC2N)cc1. The molecule has 36 heavy (non-hydrogen) atoms. The Balaban J connectivity index is 1.61. The summed E-state index contributed by atoms with van der Waals surface area (Å²) in [5.74, 6) is -1.00. The first kappa shape index (κ1) is 25.4. The molecule has 4 rings (SSSR count). The van der Waals surface area contributed by atoms with Gasteiger partial charge in [0, 0.05) is 40.5 Å². The van der Waals surface area contributed by atoms with Gasteiger partial charge in [0.1, 0.15) is 5.82 Å². The fraction of sp³-hybridized carbons (Fsp3) is 0.250. The Morgan fingerprint density at radius 3 is 2.36 bits per heavy atom. The van der Waals surface area contributed by atoms with E-state index in [4.69, 9.17) is 22.6 Å². The lowest BCUT2D eigenvalue weighted by atomic mass is 9.89. The molecule has 6 nitrogen and oxygen atoms in total. The fourth-order valence-corrected chi connectivity index (χ4v) is 4.66. The third kappa shape index (κ3) is 5.91. The van der Waals surface area contributed by atoms with E-state index in [0.29, 0.717) is 33.0 Å². The summed E-state index contributed by atoms with van der Waals surface area (Å²) < 4.78 is 13.2. The molecule has 184 valence electrons. The molecule has 0 aliphatic heterocycles. The first-order valence-corrected chi connectivity index (χ1v) is 12.2. The number of hydrogen-bond acceptors (Lipinski definition) is 4. The van der Waals surface area contributed by atoms with Gasteiger partial charge in [0.25, 0.3) is 11.8 Å². The predicted molar refractivity (Wildman–Crippen MR) is 137 cm³/mol. The van der Waals surface area contributed by atoms with Crippen molar-refractivity contribution < 1.29 is 14.0 Å². The van der Waals surface area contributed by atoms with Gasteiger partial charge in [-0.25, -0.2) is 4.39 Å². The highest BCUT2D eigenvalue weighted by Crippen LogP contribution is 2.29. The lowest BCUT2D eigenvalue weighted by Crippen LogP contribution is -2.51. The number of carbonyl (C=O) groups excluding carboxylic acids is 2. The first-order chi connectivity index (χ1) is 17.4. The van der Waals surface area contributed by atoms with Crippen LogP contribution in [0.1, 0.15) is 57.5 Å². The molecule has 0 heterocycles. The van der Waals surface area contributed by atoms with Gasteiger partial charge in [-0.3, -0.25) is 9.59 Å². The van der Waals surface area contributed by atoms with E-state index in [1.807, 2.05) is 0 Å². The Morgan fingerprint density at radius 1 is 1.03 bits per heavy atom. The summed E-state index contributed by atoms with van der Waals surface area (Å²) in [6.07, 6.45) is 3.59. The van der Waals surface area contributed by atoms with Crippen LogP contribution in [0.5, 0.6) is 0 Å². The molecule has 0 bridgehead atoms. The van der Waals surface area contributed by atoms with Gasteiger partial charge in [0.05, 0.1) is 11.6 Å². The molecule has 0 saturated heterocycles. The van der Waals surface area contributed by atoms with Gasteiger partial charge in [-0.2, -0.15) is 5.26 Å². The molecule has 1 aliphatic carbocycles. The van der Waals surface area contributed by atoms with E-state index in [1.165, 1.54) is 24.3 Å². The number of nitrogens with one attached hydrogen (secondary N) is 1. The van der Waals surface area contributed by atoms with Crippen LogP contribution in [0.4, 0.5) is 10.1 Å². The lowest BCUT2D eigenvalue weighted by Gasteiger charge is -2.38. The maximum absolute atomic E-state index is 13.6. The molecule has 1 fully saturated rings. The molecule has 1 saturated carbocycles. The molecule has 3 N–H and O–H groups in total. The average molecular weight is 505 g/mol. The van der Waals surface area contributed by atoms with Crippen molar-refractivity contribution in [1.82, 2.24) is 4.90 Å². The van der Waals surface area contributed by atoms with Gasteiger partial charge in [-0.1, -0.05) is 24.4 Å². The zero-order chi connectivity index (χ0) is 25.7. The minimum absolute atomic E-state index is 0.166. The van der Waals surface area contributed by atoms with Crippen LogP contribution >= 0.6 is 11.6 Å². The maximum Gasteiger partial charge on any atom is 0.255 e. The fourth-order valence-electron chi connectivity index (χ4n) is 4.48. The average Bonchev–Trinajstić information content (AvgIpc) is 2.89. The Hall–Kier alpha value is -3.73. The van der Waals surface area contributed by atoms with E-state index in [2.05, 4.69) is 11.4 Å². The molecular weight excluding hydrogens is 479 g/mol. The van der Waals surface area contributed by atoms with Gasteiger partial charge >= 0.3 is 0 Å². The zero-order valence-electron chi connectivity index (χ0n) is 19.6. The topological polar surface area (TPSA) is 99.2 Å². The Bertz CT molecular complexity index is 1290. The standard InChI is InChI=1S/C28H26ClFN4O2/c29-24-14-13-23(33-27(35)19-9-11-22(30)12-10-19)15-21(24)17-34(26-4-2-1-3-25(26)32)28(36)20-7-5-18(16-31)6-8-20/h5-15,25-26H,1-4,17,32H2,(H,33,35). The van der Waals surface area contributed by atoms with Crippen LogP contribution in [-0.2, 0) is 6.54 Å². The van der Waals surface area contributed by atoms with Crippen LogP contribution < -0.4 is 11.1 Å². The number of rotatable bonds is 6. The van der Waals surface area contributed by atoms with Gasteiger partial charge < -0.3 is 16.0 Å². The summed E-state index contributed by atoms with van der Waals surface area (Å²) in [4.78, 5) is 28.0. The normalized spacial score (nSPS) is 17.2. The largest absolute Gasteiger partial charge is 0.330 e. The maximum atomic E-state index is 13.6. The van der Waals surface area contributed by atoms with Crippen molar-refractivity contribution in [2.75, 3.05) is 5.32 Å². The summed E-state index contributed by atoms with van der Waals surface area (Å²) in [7, 11) is 0. The quantitative estimate of drug-likeness (QED) is 0.462. The second-order valence-electron chi connectivity index (χ2n) is 8.91. The third-order valence-electron chi connectivity index (χ3n) is 6.45. The van der Waals surface area contributed by atoms with Crippen molar-refractivity contribution in [3.8, 4) is 6.07 Å². The van der Waals surface area contributed by atoms with Crippen molar-refractivity contribution in [2.24, 2.45) is 5.73 Å². The predicted octanol–water partition coefficient (Wildman–Crippen LogP) is 5.52. The van der Waals surface area contributed by atoms with Crippen molar-refractivity contribution in [2.45, 2.75) is 44.3 Å². The molecule has 0 spiro atoms. The zero-order valence-corrected chi connectivity index (χ0v) is 20.3. The smallest absolute Gasteiger partial charge is 0.255 e. The van der Waals surface area contributed by atoms with Crippen molar-refractivity contribution in [1.29, 1.82) is 5.26 Å². The second-order valence-corrected chi connectivity index (χ2v) is 9.31. The number of nitriles is 1. The van der Waals surface area contributed by atoms with Crippen LogP contribution in [0.2, 0.25) is 5.02 Å². The van der Waals surface area contributed by atoms with Gasteiger partial charge in [-0.05, 0) is 85.1 Å². The Labute approximate surface area is 214 Å². The van der Waals surface area contributed by atoms with Gasteiger partial charge in [-0.15, -0.1) is 0 Å². The summed E-state index contributed by atoms with van der Waals surface area (Å²) in [6.45, 7) is 0.205. The Kier molecular flexibility index (Phi) is 7.99. The summed E-state index contributed by atoms with van der Waals surface area (Å²) in [5, 5.41) is 12.3. The van der Waals surface area contributed by atoms with Gasteiger partial charge in [0.15, 0.2) is 0 Å². The number of halogens is 2. The summed E-state index contributed by atoms with van der Waals surface area (Å²) in [6, 6.07) is 18.6. The third-order valence-corrected chi connectivity index (χ3v) is 6.82. The number of nitrogens with zero attached hydrogens (tertiary/aromatic N) is 2. The molecule has 0 radical (unpaired) electrons. The highest BCUT2D eigenvalue weighted by molar-refractivity contribution is 6.31. The number of anilines is 1. The molecule has 3 aromatic rings. The van der Waals surface area contributed by atoms with E-state index in [0.717, 1.165) is 25.7 Å². The molecular formula is C28H26ClFN4O2. The minimum atomic E-state index is -0.423. The van der Waals surface area contributed by atoms with E-state index in [-0.39, 0.29) is 30.4 Å². The molecule has 2 atom stereocenters. The van der Waals surface area contributed by atoms with Crippen molar-refractivity contribution in [3.63, 3.8) is 0 Å². The highest BCUT2D eigenvalue weighted by atomic mass is 35.5. The van der Waals surface area contributed by atoms with E-state index >= 15 is 0 Å². The number of nitrogens with two attached hydrogens (primary N) is 1. The summed E-state index contributed by atoms with van der Waals surface area (Å²) >= 11 is 6.52. The highest BCUT2D eigenvalue weighted by Gasteiger charge is 2.32. The van der Waals surface area contributed by atoms with Crippen molar-refractivity contribution >= 4 is 29.1 Å². The molecule has 0 aromatic heterocycles. The van der Waals surface area contributed by atoms with Crippen LogP contribution in [-0.4, -0.2) is 28.8 Å². The number of hydrogen-bond donors (Lipinski definition) is 2. The van der Waals surface area contributed by atoms with E-state index in [9.17, 15) is 14.0 Å². The molecule has 2 unspecified atom stereocenters. The molecule has 2 amide bonds. The first-order valence-electron chi connectivity index (χ1n) is 11.8. The van der Waals surface area contributed by atoms with E-state index < -0.39 is 5.82 Å². The lowest BCUT2D eigenvalue weighted by molar-refractivity contribution is 0.0583. The molecule has 8 heteroatoms. The van der Waals surface area contributed by atoms with Crippen LogP contribution in [0.3, 0.4) is 0 Å². The van der Waals surface area contributed by atoms with Crippen LogP contribution in [0.25, 0.3) is 0 Å². The molecule has 3 aromatic carbocycles. The monoisotopic (exact) mass is 504 g/mol. The van der Waals surface area contributed by atoms with Crippen molar-refractivity contribution in [3.05, 3.63) is 99.8 Å². The van der Waals surface area contributed by atoms with Gasteiger partial charge in [0.2, 0.25) is 0 Å². The number of carbonyl (C=O) groups is 2. The molecule has 1 aliphatic rings. The second kappa shape index (κ2) is 11.3. The number of amides is 2. The minimum Gasteiger partial charge on any atom is -0.330 e. The van der Waals surface area contributed by atoms with Crippen LogP contribution in [0.15, 0.2) is 66.7 Å². The Morgan fingerprint density at radius 2 is 1.69 bits per heavy atom.